The molecule has 1 aromatic heterocycles. The maximum atomic E-state index is 13.0. The molecule has 164 valence electrons. The molecule has 1 aliphatic rings. The van der Waals surface area contributed by atoms with Crippen LogP contribution in [-0.4, -0.2) is 53.9 Å². The third kappa shape index (κ3) is 4.65. The summed E-state index contributed by atoms with van der Waals surface area (Å²) in [5.74, 6) is 0.191. The first-order valence-corrected chi connectivity index (χ1v) is 10.4. The van der Waals surface area contributed by atoms with Gasteiger partial charge in [-0.15, -0.1) is 0 Å². The lowest BCUT2D eigenvalue weighted by Crippen LogP contribution is -2.49. The van der Waals surface area contributed by atoms with Crippen molar-refractivity contribution in [3.05, 3.63) is 38.0 Å². The average molecular weight is 530 g/mol. The highest BCUT2D eigenvalue weighted by molar-refractivity contribution is 9.10. The van der Waals surface area contributed by atoms with Crippen LogP contribution in [0.15, 0.2) is 16.6 Å². The van der Waals surface area contributed by atoms with E-state index in [9.17, 15) is 18.0 Å². The summed E-state index contributed by atoms with van der Waals surface area (Å²) < 4.78 is 45.2. The molecule has 0 aliphatic carbocycles. The number of aromatic nitrogens is 2. The van der Waals surface area contributed by atoms with Gasteiger partial charge in [0.05, 0.1) is 33.0 Å². The Hall–Kier alpha value is -1.65. The van der Waals surface area contributed by atoms with Crippen LogP contribution in [0.4, 0.5) is 18.9 Å². The molecule has 1 aliphatic heterocycles. The molecule has 1 aromatic carbocycles. The van der Waals surface area contributed by atoms with Crippen LogP contribution in [-0.2, 0) is 17.5 Å². The number of rotatable bonds is 4. The summed E-state index contributed by atoms with van der Waals surface area (Å²) in [6, 6.07) is 3.34. The first-order valence-electron chi connectivity index (χ1n) is 8.88. The Morgan fingerprint density at radius 3 is 2.37 bits per heavy atom. The van der Waals surface area contributed by atoms with Gasteiger partial charge in [0.15, 0.2) is 5.69 Å². The maximum Gasteiger partial charge on any atom is 0.436 e. The van der Waals surface area contributed by atoms with Crippen LogP contribution in [0.3, 0.4) is 0 Å². The number of alkyl halides is 3. The minimum absolute atomic E-state index is 0.154. The van der Waals surface area contributed by atoms with E-state index in [1.54, 1.807) is 17.0 Å². The summed E-state index contributed by atoms with van der Waals surface area (Å²) in [6.45, 7) is 3.02. The molecule has 12 heteroatoms. The van der Waals surface area contributed by atoms with Crippen molar-refractivity contribution >= 4 is 50.7 Å². The Balaban J connectivity index is 1.67. The van der Waals surface area contributed by atoms with E-state index in [1.165, 1.54) is 14.0 Å². The summed E-state index contributed by atoms with van der Waals surface area (Å²) in [5.41, 5.74) is -0.0509. The van der Waals surface area contributed by atoms with Crippen LogP contribution in [0.5, 0.6) is 5.75 Å². The van der Waals surface area contributed by atoms with Crippen molar-refractivity contribution in [1.82, 2.24) is 14.7 Å². The second-order valence-electron chi connectivity index (χ2n) is 6.71. The minimum atomic E-state index is -4.59. The molecule has 0 unspecified atom stereocenters. The Labute approximate surface area is 189 Å². The normalized spacial score (nSPS) is 14.9. The molecule has 6 nitrogen and oxygen atoms in total. The number of anilines is 1. The number of benzene rings is 1. The van der Waals surface area contributed by atoms with Crippen LogP contribution in [0, 0.1) is 6.92 Å². The predicted octanol–water partition coefficient (Wildman–Crippen LogP) is 4.64. The van der Waals surface area contributed by atoms with Crippen molar-refractivity contribution in [2.75, 3.05) is 38.2 Å². The molecule has 0 atom stereocenters. The molecular formula is C18H18BrCl2F3N4O2. The molecule has 0 spiro atoms. The number of carbonyl (C=O) groups is 1. The number of ether oxygens (including phenoxy) is 1. The maximum absolute atomic E-state index is 13.0. The second kappa shape index (κ2) is 8.84. The summed E-state index contributed by atoms with van der Waals surface area (Å²) >= 11 is 15.3. The Bertz CT molecular complexity index is 960. The van der Waals surface area contributed by atoms with Gasteiger partial charge in [0, 0.05) is 32.2 Å². The van der Waals surface area contributed by atoms with Gasteiger partial charge in [-0.3, -0.25) is 9.48 Å². The summed E-state index contributed by atoms with van der Waals surface area (Å²) in [6.07, 6.45) is -4.59. The largest absolute Gasteiger partial charge is 0.495 e. The lowest BCUT2D eigenvalue weighted by molar-refractivity contribution is -0.142. The molecule has 1 saturated heterocycles. The van der Waals surface area contributed by atoms with E-state index >= 15 is 0 Å². The van der Waals surface area contributed by atoms with E-state index in [1.807, 2.05) is 4.90 Å². The van der Waals surface area contributed by atoms with Gasteiger partial charge in [0.2, 0.25) is 5.91 Å². The third-order valence-corrected chi connectivity index (χ3v) is 6.43. The first-order chi connectivity index (χ1) is 14.0. The SMILES string of the molecule is COc1cc(N2CCN(C(=O)Cn3nc(C(F)(F)F)c(Br)c3C)CC2)c(Cl)cc1Cl. The lowest BCUT2D eigenvalue weighted by Gasteiger charge is -2.36. The summed E-state index contributed by atoms with van der Waals surface area (Å²) in [4.78, 5) is 16.2. The standard InChI is InChI=1S/C18H18BrCl2F3N4O2/c1-10-16(19)17(18(22,23)24)25-28(10)9-15(29)27-5-3-26(4-6-27)13-8-14(30-2)12(21)7-11(13)20/h7-8H,3-6,9H2,1-2H3. The highest BCUT2D eigenvalue weighted by Gasteiger charge is 2.38. The van der Waals surface area contributed by atoms with E-state index in [2.05, 4.69) is 21.0 Å². The van der Waals surface area contributed by atoms with Crippen LogP contribution in [0.2, 0.25) is 10.0 Å². The van der Waals surface area contributed by atoms with Gasteiger partial charge in [0.25, 0.3) is 0 Å². The molecule has 1 amide bonds. The molecule has 2 heterocycles. The smallest absolute Gasteiger partial charge is 0.436 e. The molecule has 2 aromatic rings. The number of nitrogens with zero attached hydrogens (tertiary/aromatic N) is 4. The van der Waals surface area contributed by atoms with Crippen LogP contribution in [0.25, 0.3) is 0 Å². The fourth-order valence-electron chi connectivity index (χ4n) is 3.20. The van der Waals surface area contributed by atoms with E-state index in [-0.39, 0.29) is 22.6 Å². The molecule has 30 heavy (non-hydrogen) atoms. The van der Waals surface area contributed by atoms with Crippen LogP contribution in [0.1, 0.15) is 11.4 Å². The van der Waals surface area contributed by atoms with Crippen LogP contribution < -0.4 is 9.64 Å². The zero-order valence-electron chi connectivity index (χ0n) is 16.1. The summed E-state index contributed by atoms with van der Waals surface area (Å²) in [5, 5.41) is 4.43. The zero-order chi connectivity index (χ0) is 22.2. The highest BCUT2D eigenvalue weighted by Crippen LogP contribution is 2.37. The number of amides is 1. The van der Waals surface area contributed by atoms with Gasteiger partial charge in [-0.05, 0) is 28.9 Å². The van der Waals surface area contributed by atoms with Crippen molar-refractivity contribution in [1.29, 1.82) is 0 Å². The summed E-state index contributed by atoms with van der Waals surface area (Å²) in [7, 11) is 1.51. The van der Waals surface area contributed by atoms with Crippen molar-refractivity contribution in [3.8, 4) is 5.75 Å². The molecule has 3 rings (SSSR count). The van der Waals surface area contributed by atoms with Gasteiger partial charge in [-0.2, -0.15) is 18.3 Å². The first kappa shape index (κ1) is 23.0. The highest BCUT2D eigenvalue weighted by atomic mass is 79.9. The second-order valence-corrected chi connectivity index (χ2v) is 8.32. The molecule has 0 radical (unpaired) electrons. The number of methoxy groups -OCH3 is 1. The minimum Gasteiger partial charge on any atom is -0.495 e. The van der Waals surface area contributed by atoms with Crippen molar-refractivity contribution < 1.29 is 22.7 Å². The monoisotopic (exact) mass is 528 g/mol. The third-order valence-electron chi connectivity index (χ3n) is 4.88. The van der Waals surface area contributed by atoms with Gasteiger partial charge < -0.3 is 14.5 Å². The lowest BCUT2D eigenvalue weighted by atomic mass is 10.2. The Kier molecular flexibility index (Phi) is 6.78. The van der Waals surface area contributed by atoms with Gasteiger partial charge in [-0.1, -0.05) is 23.2 Å². The van der Waals surface area contributed by atoms with Gasteiger partial charge >= 0.3 is 6.18 Å². The number of hydrogen-bond donors (Lipinski definition) is 0. The fourth-order valence-corrected chi connectivity index (χ4v) is 4.29. The van der Waals surface area contributed by atoms with Crippen molar-refractivity contribution in [2.24, 2.45) is 0 Å². The number of hydrogen-bond acceptors (Lipinski definition) is 4. The topological polar surface area (TPSA) is 50.6 Å². The van der Waals surface area contributed by atoms with E-state index in [0.717, 1.165) is 10.4 Å². The van der Waals surface area contributed by atoms with Gasteiger partial charge in [0.1, 0.15) is 12.3 Å². The number of carbonyl (C=O) groups excluding carboxylic acids is 1. The Morgan fingerprint density at radius 2 is 1.83 bits per heavy atom. The van der Waals surface area contributed by atoms with E-state index < -0.39 is 11.9 Å². The zero-order valence-corrected chi connectivity index (χ0v) is 19.2. The average Bonchev–Trinajstić information content (AvgIpc) is 2.97. The van der Waals surface area contributed by atoms with Crippen molar-refractivity contribution in [3.63, 3.8) is 0 Å². The fraction of sp³-hybridized carbons (Fsp3) is 0.444. The molecule has 0 N–H and O–H groups in total. The quantitative estimate of drug-likeness (QED) is 0.579. The van der Waals surface area contributed by atoms with E-state index in [0.29, 0.717) is 42.0 Å². The van der Waals surface area contributed by atoms with Gasteiger partial charge in [-0.25, -0.2) is 0 Å². The number of halogens is 6. The molecule has 0 bridgehead atoms. The molecule has 1 fully saturated rings. The Morgan fingerprint density at radius 1 is 1.20 bits per heavy atom. The van der Waals surface area contributed by atoms with E-state index in [4.69, 9.17) is 27.9 Å². The van der Waals surface area contributed by atoms with Crippen LogP contribution >= 0.6 is 39.1 Å². The number of piperazine rings is 1. The molecular weight excluding hydrogens is 512 g/mol. The van der Waals surface area contributed by atoms with Crippen molar-refractivity contribution in [2.45, 2.75) is 19.6 Å². The molecule has 0 saturated carbocycles. The predicted molar refractivity (Wildman–Crippen MR) is 111 cm³/mol.